The molecule has 164 valence electrons. The average molecular weight is 420 g/mol. The van der Waals surface area contributed by atoms with Gasteiger partial charge in [0.15, 0.2) is 0 Å². The number of nitrogens with zero attached hydrogens (tertiary/aromatic N) is 3. The summed E-state index contributed by atoms with van der Waals surface area (Å²) in [5.41, 5.74) is 1.22. The SMILES string of the molecule is CC(C)(C)OC(=O)N[C@H]1CCCN(c2c([N+](=O)[O-])cnc3c2CCC3CC(=O)O)C1. The van der Waals surface area contributed by atoms with Gasteiger partial charge in [-0.2, -0.15) is 0 Å². The number of rotatable bonds is 5. The van der Waals surface area contributed by atoms with E-state index in [0.717, 1.165) is 18.4 Å². The molecule has 2 N–H and O–H groups in total. The fourth-order valence-electron chi connectivity index (χ4n) is 4.27. The van der Waals surface area contributed by atoms with E-state index in [0.29, 0.717) is 37.3 Å². The highest BCUT2D eigenvalue weighted by molar-refractivity contribution is 5.73. The van der Waals surface area contributed by atoms with Crippen LogP contribution in [0, 0.1) is 10.1 Å². The molecular weight excluding hydrogens is 392 g/mol. The fourth-order valence-corrected chi connectivity index (χ4v) is 4.27. The average Bonchev–Trinajstić information content (AvgIpc) is 3.01. The van der Waals surface area contributed by atoms with Crippen LogP contribution in [0.3, 0.4) is 0 Å². The van der Waals surface area contributed by atoms with Gasteiger partial charge in [-0.1, -0.05) is 0 Å². The maximum atomic E-state index is 12.2. The number of hydrogen-bond donors (Lipinski definition) is 2. The first-order valence-corrected chi connectivity index (χ1v) is 10.2. The van der Waals surface area contributed by atoms with Crippen molar-refractivity contribution in [1.29, 1.82) is 0 Å². The molecule has 1 aromatic heterocycles. The molecule has 1 unspecified atom stereocenters. The minimum atomic E-state index is -0.908. The van der Waals surface area contributed by atoms with E-state index in [1.165, 1.54) is 6.20 Å². The molecule has 30 heavy (non-hydrogen) atoms. The Morgan fingerprint density at radius 3 is 2.77 bits per heavy atom. The molecular formula is C20H28N4O6. The van der Waals surface area contributed by atoms with Gasteiger partial charge >= 0.3 is 17.7 Å². The molecule has 2 atom stereocenters. The van der Waals surface area contributed by atoms with Gasteiger partial charge in [-0.25, -0.2) is 4.79 Å². The number of hydrogen-bond acceptors (Lipinski definition) is 7. The number of amides is 1. The topological polar surface area (TPSA) is 135 Å². The zero-order valence-electron chi connectivity index (χ0n) is 17.5. The van der Waals surface area contributed by atoms with Gasteiger partial charge in [-0.15, -0.1) is 0 Å². The number of carbonyl (C=O) groups excluding carboxylic acids is 1. The van der Waals surface area contributed by atoms with Gasteiger partial charge in [-0.05, 0) is 46.5 Å². The molecule has 0 spiro atoms. The summed E-state index contributed by atoms with van der Waals surface area (Å²) in [7, 11) is 0. The first-order valence-electron chi connectivity index (χ1n) is 10.2. The summed E-state index contributed by atoms with van der Waals surface area (Å²) >= 11 is 0. The number of piperidine rings is 1. The smallest absolute Gasteiger partial charge is 0.407 e. The first kappa shape index (κ1) is 21.8. The molecule has 1 aromatic rings. The number of pyridine rings is 1. The van der Waals surface area contributed by atoms with Gasteiger partial charge in [0.2, 0.25) is 0 Å². The predicted octanol–water partition coefficient (Wildman–Crippen LogP) is 2.99. The van der Waals surface area contributed by atoms with Crippen LogP contribution in [0.4, 0.5) is 16.2 Å². The lowest BCUT2D eigenvalue weighted by Gasteiger charge is -2.35. The van der Waals surface area contributed by atoms with Crippen LogP contribution in [0.1, 0.15) is 63.6 Å². The maximum Gasteiger partial charge on any atom is 0.407 e. The van der Waals surface area contributed by atoms with Crippen LogP contribution < -0.4 is 10.2 Å². The molecule has 3 rings (SSSR count). The zero-order chi connectivity index (χ0) is 22.1. The molecule has 1 fully saturated rings. The Hall–Kier alpha value is -2.91. The number of aliphatic carboxylic acids is 1. The number of carbonyl (C=O) groups is 2. The number of nitro groups is 1. The molecule has 0 bridgehead atoms. The highest BCUT2D eigenvalue weighted by atomic mass is 16.6. The van der Waals surface area contributed by atoms with Gasteiger partial charge in [-0.3, -0.25) is 19.9 Å². The summed E-state index contributed by atoms with van der Waals surface area (Å²) in [5, 5.41) is 23.7. The summed E-state index contributed by atoms with van der Waals surface area (Å²) in [6, 6.07) is -0.201. The normalized spacial score (nSPS) is 21.1. The minimum absolute atomic E-state index is 0.0416. The third-order valence-corrected chi connectivity index (χ3v) is 5.37. The van der Waals surface area contributed by atoms with E-state index < -0.39 is 22.6 Å². The van der Waals surface area contributed by atoms with Crippen LogP contribution in [-0.2, 0) is 16.0 Å². The quantitative estimate of drug-likeness (QED) is 0.548. The van der Waals surface area contributed by atoms with Crippen molar-refractivity contribution in [2.75, 3.05) is 18.0 Å². The fraction of sp³-hybridized carbons (Fsp3) is 0.650. The van der Waals surface area contributed by atoms with Crippen LogP contribution in [0.15, 0.2) is 6.20 Å². The Morgan fingerprint density at radius 1 is 1.40 bits per heavy atom. The molecule has 1 aliphatic carbocycles. The second kappa shape index (κ2) is 8.45. The largest absolute Gasteiger partial charge is 0.481 e. The molecule has 0 aromatic carbocycles. The highest BCUT2D eigenvalue weighted by Crippen LogP contribution is 2.43. The molecule has 0 saturated carbocycles. The van der Waals surface area contributed by atoms with Crippen LogP contribution in [0.2, 0.25) is 0 Å². The Kier molecular flexibility index (Phi) is 6.14. The summed E-state index contributed by atoms with van der Waals surface area (Å²) < 4.78 is 5.33. The molecule has 1 amide bonds. The molecule has 2 aliphatic rings. The first-order chi connectivity index (χ1) is 14.0. The van der Waals surface area contributed by atoms with Gasteiger partial charge in [0, 0.05) is 36.3 Å². The standard InChI is InChI=1S/C20H28N4O6/c1-20(2,3)30-19(27)22-13-5-4-8-23(11-13)18-14-7-6-12(9-16(25)26)17(14)21-10-15(18)24(28)29/h10,12-13H,4-9,11H2,1-3H3,(H,22,27)(H,25,26)/t12?,13-/m0/s1. The van der Waals surface area contributed by atoms with E-state index in [4.69, 9.17) is 9.84 Å². The van der Waals surface area contributed by atoms with Crippen molar-refractivity contribution >= 4 is 23.4 Å². The van der Waals surface area contributed by atoms with Crippen molar-refractivity contribution in [3.05, 3.63) is 27.6 Å². The van der Waals surface area contributed by atoms with Gasteiger partial charge in [0.1, 0.15) is 17.5 Å². The third-order valence-electron chi connectivity index (χ3n) is 5.37. The van der Waals surface area contributed by atoms with Crippen molar-refractivity contribution in [3.8, 4) is 0 Å². The van der Waals surface area contributed by atoms with Crippen LogP contribution in [0.25, 0.3) is 0 Å². The molecule has 10 heteroatoms. The van der Waals surface area contributed by atoms with E-state index in [1.807, 2.05) is 4.90 Å². The Morgan fingerprint density at radius 2 is 2.13 bits per heavy atom. The lowest BCUT2D eigenvalue weighted by Crippen LogP contribution is -2.49. The van der Waals surface area contributed by atoms with Gasteiger partial charge < -0.3 is 20.1 Å². The van der Waals surface area contributed by atoms with Crippen molar-refractivity contribution in [1.82, 2.24) is 10.3 Å². The number of anilines is 1. The summed E-state index contributed by atoms with van der Waals surface area (Å²) in [6.07, 6.45) is 3.35. The lowest BCUT2D eigenvalue weighted by atomic mass is 10.0. The highest BCUT2D eigenvalue weighted by Gasteiger charge is 2.36. The predicted molar refractivity (Wildman–Crippen MR) is 109 cm³/mol. The maximum absolute atomic E-state index is 12.2. The second-order valence-electron chi connectivity index (χ2n) is 8.88. The molecule has 1 saturated heterocycles. The van der Waals surface area contributed by atoms with Crippen molar-refractivity contribution in [2.45, 2.75) is 70.4 Å². The van der Waals surface area contributed by atoms with Crippen LogP contribution >= 0.6 is 0 Å². The second-order valence-corrected chi connectivity index (χ2v) is 8.88. The van der Waals surface area contributed by atoms with Crippen molar-refractivity contribution in [3.63, 3.8) is 0 Å². The molecule has 0 radical (unpaired) electrons. The molecule has 10 nitrogen and oxygen atoms in total. The Balaban J connectivity index is 1.85. The van der Waals surface area contributed by atoms with Crippen molar-refractivity contribution < 1.29 is 24.4 Å². The Bertz CT molecular complexity index is 850. The lowest BCUT2D eigenvalue weighted by molar-refractivity contribution is -0.384. The number of nitrogens with one attached hydrogen (secondary N) is 1. The van der Waals surface area contributed by atoms with E-state index in [1.54, 1.807) is 20.8 Å². The summed E-state index contributed by atoms with van der Waals surface area (Å²) in [6.45, 7) is 6.40. The van der Waals surface area contributed by atoms with Crippen LogP contribution in [-0.4, -0.2) is 51.8 Å². The van der Waals surface area contributed by atoms with E-state index >= 15 is 0 Å². The summed E-state index contributed by atoms with van der Waals surface area (Å²) in [4.78, 5) is 40.8. The van der Waals surface area contributed by atoms with Crippen molar-refractivity contribution in [2.24, 2.45) is 0 Å². The molecule has 2 heterocycles. The van der Waals surface area contributed by atoms with Crippen LogP contribution in [0.5, 0.6) is 0 Å². The number of alkyl carbamates (subject to hydrolysis) is 1. The minimum Gasteiger partial charge on any atom is -0.481 e. The van der Waals surface area contributed by atoms with Gasteiger partial charge in [0.05, 0.1) is 11.3 Å². The third kappa shape index (κ3) is 4.98. The van der Waals surface area contributed by atoms with E-state index in [-0.39, 0.29) is 24.1 Å². The molecule has 1 aliphatic heterocycles. The van der Waals surface area contributed by atoms with E-state index in [9.17, 15) is 19.7 Å². The Labute approximate surface area is 174 Å². The van der Waals surface area contributed by atoms with Gasteiger partial charge in [0.25, 0.3) is 0 Å². The zero-order valence-corrected chi connectivity index (χ0v) is 17.5. The number of fused-ring (bicyclic) bond motifs is 1. The number of ether oxygens (including phenoxy) is 1. The number of aromatic nitrogens is 1. The number of carboxylic acids is 1. The summed E-state index contributed by atoms with van der Waals surface area (Å²) in [5.74, 6) is -1.15. The van der Waals surface area contributed by atoms with E-state index in [2.05, 4.69) is 10.3 Å². The number of carboxylic acid groups (broad SMARTS) is 1. The monoisotopic (exact) mass is 420 g/mol.